The molecule has 0 aromatic carbocycles. The summed E-state index contributed by atoms with van der Waals surface area (Å²) in [5, 5.41) is 12.2. The number of nitrogens with two attached hydrogens (primary N) is 1. The molecule has 1 aliphatic rings. The summed E-state index contributed by atoms with van der Waals surface area (Å²) < 4.78 is 5.37. The maximum absolute atomic E-state index is 10.7. The molecule has 0 amide bonds. The fraction of sp³-hybridized carbons (Fsp3) is 0.533. The number of aliphatic carboxylic acids is 1. The average Bonchev–Trinajstić information content (AvgIpc) is 2.46. The van der Waals surface area contributed by atoms with Crippen LogP contribution in [-0.2, 0) is 9.53 Å². The van der Waals surface area contributed by atoms with Gasteiger partial charge in [0, 0.05) is 24.8 Å². The van der Waals surface area contributed by atoms with E-state index in [1.807, 2.05) is 0 Å². The Kier molecular flexibility index (Phi) is 5.32. The molecule has 1 heterocycles. The van der Waals surface area contributed by atoms with Crippen LogP contribution in [0.1, 0.15) is 36.9 Å². The zero-order valence-corrected chi connectivity index (χ0v) is 12.9. The number of anilines is 2. The van der Waals surface area contributed by atoms with Crippen LogP contribution >= 0.6 is 0 Å². The minimum atomic E-state index is -1.01. The standard InChI is InChI=1S/C15H22N4O3/c1-9-12(7-8-13(20)21)14(19-15(16)17-9)18-10-3-5-11(22-2)6-4-10/h7-8,10-11H,3-6H2,1-2H3,(H,20,21)(H3,16,17,18,19)/b8-7+. The van der Waals surface area contributed by atoms with Crippen molar-refractivity contribution < 1.29 is 14.6 Å². The van der Waals surface area contributed by atoms with Gasteiger partial charge in [-0.05, 0) is 38.7 Å². The molecule has 0 saturated heterocycles. The first-order chi connectivity index (χ1) is 10.5. The van der Waals surface area contributed by atoms with Crippen molar-refractivity contribution in [3.05, 3.63) is 17.3 Å². The zero-order valence-electron chi connectivity index (χ0n) is 12.9. The highest BCUT2D eigenvalue weighted by atomic mass is 16.5. The summed E-state index contributed by atoms with van der Waals surface area (Å²) in [7, 11) is 1.74. The molecule has 120 valence electrons. The van der Waals surface area contributed by atoms with Gasteiger partial charge in [0.05, 0.1) is 11.8 Å². The molecule has 1 fully saturated rings. The smallest absolute Gasteiger partial charge is 0.328 e. The van der Waals surface area contributed by atoms with Crippen molar-refractivity contribution in [1.82, 2.24) is 9.97 Å². The van der Waals surface area contributed by atoms with E-state index in [9.17, 15) is 4.79 Å². The van der Waals surface area contributed by atoms with Gasteiger partial charge in [-0.15, -0.1) is 0 Å². The van der Waals surface area contributed by atoms with Crippen LogP contribution in [0.5, 0.6) is 0 Å². The second kappa shape index (κ2) is 7.22. The highest BCUT2D eigenvalue weighted by molar-refractivity contribution is 5.87. The number of nitrogens with one attached hydrogen (secondary N) is 1. The van der Waals surface area contributed by atoms with E-state index in [0.717, 1.165) is 31.8 Å². The normalized spacial score (nSPS) is 21.9. The van der Waals surface area contributed by atoms with E-state index in [1.165, 1.54) is 6.08 Å². The molecular weight excluding hydrogens is 284 g/mol. The number of nitrogens with zero attached hydrogens (tertiary/aromatic N) is 2. The number of aryl methyl sites for hydroxylation is 1. The summed E-state index contributed by atoms with van der Waals surface area (Å²) in [6, 6.07) is 0.275. The molecule has 0 bridgehead atoms. The van der Waals surface area contributed by atoms with Gasteiger partial charge in [-0.25, -0.2) is 9.78 Å². The van der Waals surface area contributed by atoms with E-state index in [1.54, 1.807) is 14.0 Å². The van der Waals surface area contributed by atoms with Gasteiger partial charge in [-0.1, -0.05) is 0 Å². The highest BCUT2D eigenvalue weighted by Gasteiger charge is 2.22. The third-order valence-corrected chi connectivity index (χ3v) is 3.89. The fourth-order valence-corrected chi connectivity index (χ4v) is 2.70. The number of methoxy groups -OCH3 is 1. The Bertz CT molecular complexity index is 566. The predicted octanol–water partition coefficient (Wildman–Crippen LogP) is 1.83. The summed E-state index contributed by atoms with van der Waals surface area (Å²) in [6.07, 6.45) is 6.84. The molecule has 1 aromatic rings. The number of ether oxygens (including phenoxy) is 1. The first kappa shape index (κ1) is 16.2. The molecule has 22 heavy (non-hydrogen) atoms. The topological polar surface area (TPSA) is 110 Å². The van der Waals surface area contributed by atoms with Crippen LogP contribution in [0.3, 0.4) is 0 Å². The second-order valence-electron chi connectivity index (χ2n) is 5.45. The van der Waals surface area contributed by atoms with Gasteiger partial charge in [-0.3, -0.25) is 0 Å². The number of hydrogen-bond donors (Lipinski definition) is 3. The Morgan fingerprint density at radius 1 is 1.36 bits per heavy atom. The van der Waals surface area contributed by atoms with E-state index in [0.29, 0.717) is 23.2 Å². The summed E-state index contributed by atoms with van der Waals surface area (Å²) in [5.41, 5.74) is 7.02. The molecule has 0 unspecified atom stereocenters. The molecule has 7 nitrogen and oxygen atoms in total. The van der Waals surface area contributed by atoms with Crippen LogP contribution in [0.2, 0.25) is 0 Å². The lowest BCUT2D eigenvalue weighted by molar-refractivity contribution is -0.131. The number of nitrogen functional groups attached to an aromatic ring is 1. The van der Waals surface area contributed by atoms with E-state index in [4.69, 9.17) is 15.6 Å². The maximum Gasteiger partial charge on any atom is 0.328 e. The third kappa shape index (κ3) is 4.17. The monoisotopic (exact) mass is 306 g/mol. The van der Waals surface area contributed by atoms with E-state index in [2.05, 4.69) is 15.3 Å². The second-order valence-corrected chi connectivity index (χ2v) is 5.45. The molecule has 1 aromatic heterocycles. The minimum absolute atomic E-state index is 0.179. The van der Waals surface area contributed by atoms with Gasteiger partial charge >= 0.3 is 5.97 Å². The first-order valence-electron chi connectivity index (χ1n) is 7.34. The zero-order chi connectivity index (χ0) is 16.1. The first-order valence-corrected chi connectivity index (χ1v) is 7.34. The van der Waals surface area contributed by atoms with Crippen LogP contribution in [0.15, 0.2) is 6.08 Å². The van der Waals surface area contributed by atoms with Gasteiger partial charge in [-0.2, -0.15) is 4.98 Å². The molecule has 1 saturated carbocycles. The van der Waals surface area contributed by atoms with Crippen molar-refractivity contribution >= 4 is 23.8 Å². The Morgan fingerprint density at radius 3 is 2.64 bits per heavy atom. The summed E-state index contributed by atoms with van der Waals surface area (Å²) in [4.78, 5) is 19.1. The molecule has 2 rings (SSSR count). The van der Waals surface area contributed by atoms with E-state index in [-0.39, 0.29) is 12.0 Å². The number of carboxylic acid groups (broad SMARTS) is 1. The highest BCUT2D eigenvalue weighted by Crippen LogP contribution is 2.26. The van der Waals surface area contributed by atoms with Gasteiger partial charge in [0.25, 0.3) is 0 Å². The summed E-state index contributed by atoms with van der Waals surface area (Å²) >= 11 is 0. The summed E-state index contributed by atoms with van der Waals surface area (Å²) in [5.74, 6) is -0.246. The lowest BCUT2D eigenvalue weighted by Gasteiger charge is -2.29. The van der Waals surface area contributed by atoms with Gasteiger partial charge in [0.2, 0.25) is 5.95 Å². The number of hydrogen-bond acceptors (Lipinski definition) is 6. The SMILES string of the molecule is COC1CCC(Nc2nc(N)nc(C)c2/C=C/C(=O)O)CC1. The molecule has 4 N–H and O–H groups in total. The maximum atomic E-state index is 10.7. The van der Waals surface area contributed by atoms with Crippen molar-refractivity contribution in [3.8, 4) is 0 Å². The minimum Gasteiger partial charge on any atom is -0.478 e. The lowest BCUT2D eigenvalue weighted by atomic mass is 9.93. The lowest BCUT2D eigenvalue weighted by Crippen LogP contribution is -2.30. The number of carboxylic acids is 1. The predicted molar refractivity (Wildman–Crippen MR) is 84.5 cm³/mol. The largest absolute Gasteiger partial charge is 0.478 e. The molecule has 1 aliphatic carbocycles. The number of carbonyl (C=O) groups is 1. The Morgan fingerprint density at radius 2 is 2.05 bits per heavy atom. The van der Waals surface area contributed by atoms with Crippen LogP contribution in [0, 0.1) is 6.92 Å². The van der Waals surface area contributed by atoms with Gasteiger partial charge in [0.1, 0.15) is 5.82 Å². The van der Waals surface area contributed by atoms with Crippen molar-refractivity contribution in [1.29, 1.82) is 0 Å². The number of rotatable bonds is 5. The van der Waals surface area contributed by atoms with Gasteiger partial charge in [0.15, 0.2) is 0 Å². The Labute approximate surface area is 129 Å². The van der Waals surface area contributed by atoms with Crippen molar-refractivity contribution in [2.24, 2.45) is 0 Å². The quantitative estimate of drug-likeness (QED) is 0.712. The fourth-order valence-electron chi connectivity index (χ4n) is 2.70. The number of aromatic nitrogens is 2. The van der Waals surface area contributed by atoms with Crippen LogP contribution in [0.4, 0.5) is 11.8 Å². The Hall–Kier alpha value is -2.15. The molecule has 7 heteroatoms. The van der Waals surface area contributed by atoms with Crippen LogP contribution in [-0.4, -0.2) is 40.3 Å². The molecule has 0 radical (unpaired) electrons. The molecule has 0 spiro atoms. The summed E-state index contributed by atoms with van der Waals surface area (Å²) in [6.45, 7) is 1.78. The molecular formula is C15H22N4O3. The molecule has 0 atom stereocenters. The third-order valence-electron chi connectivity index (χ3n) is 3.89. The van der Waals surface area contributed by atoms with E-state index < -0.39 is 5.97 Å². The van der Waals surface area contributed by atoms with E-state index >= 15 is 0 Å². The van der Waals surface area contributed by atoms with Gasteiger partial charge < -0.3 is 20.9 Å². The van der Waals surface area contributed by atoms with Crippen molar-refractivity contribution in [2.45, 2.75) is 44.8 Å². The van der Waals surface area contributed by atoms with Crippen molar-refractivity contribution in [3.63, 3.8) is 0 Å². The van der Waals surface area contributed by atoms with Crippen molar-refractivity contribution in [2.75, 3.05) is 18.2 Å². The van der Waals surface area contributed by atoms with Crippen LogP contribution < -0.4 is 11.1 Å². The molecule has 0 aliphatic heterocycles. The average molecular weight is 306 g/mol. The Balaban J connectivity index is 2.17. The van der Waals surface area contributed by atoms with Crippen LogP contribution in [0.25, 0.3) is 6.08 Å².